The highest BCUT2D eigenvalue weighted by atomic mass is 16.1. The Morgan fingerprint density at radius 3 is 1.68 bits per heavy atom. The van der Waals surface area contributed by atoms with Crippen molar-refractivity contribution in [2.45, 2.75) is 44.9 Å². The van der Waals surface area contributed by atoms with E-state index in [-0.39, 0.29) is 0 Å². The quantitative estimate of drug-likeness (QED) is 0.308. The molecule has 0 rings (SSSR count). The number of rotatable bonds is 12. The normalized spacial score (nSPS) is 12.0. The summed E-state index contributed by atoms with van der Waals surface area (Å²) in [4.78, 5) is 41.8. The van der Waals surface area contributed by atoms with Gasteiger partial charge in [0.2, 0.25) is 0 Å². The summed E-state index contributed by atoms with van der Waals surface area (Å²) in [6.45, 7) is 0. The zero-order valence-electron chi connectivity index (χ0n) is 11.0. The molecule has 104 valence electrons. The molecular weight excluding hydrogens is 244 g/mol. The Kier molecular flexibility index (Phi) is 11.4. The van der Waals surface area contributed by atoms with Gasteiger partial charge in [-0.3, -0.25) is 9.59 Å². The zero-order valence-corrected chi connectivity index (χ0v) is 11.0. The first-order valence-electron chi connectivity index (χ1n) is 6.44. The molecule has 0 spiro atoms. The molecule has 0 bridgehead atoms. The van der Waals surface area contributed by atoms with E-state index in [0.29, 0.717) is 49.7 Å². The molecule has 0 aliphatic heterocycles. The van der Waals surface area contributed by atoms with Crippen molar-refractivity contribution >= 4 is 25.1 Å². The topological polar surface area (TPSA) is 68.3 Å². The van der Waals surface area contributed by atoms with Crippen molar-refractivity contribution in [2.75, 3.05) is 0 Å². The van der Waals surface area contributed by atoms with E-state index < -0.39 is 0 Å². The second kappa shape index (κ2) is 12.6. The molecule has 0 radical (unpaired) electrons. The lowest BCUT2D eigenvalue weighted by atomic mass is 10.1. The molecule has 0 aromatic heterocycles. The molecule has 0 aromatic carbocycles. The van der Waals surface area contributed by atoms with Gasteiger partial charge in [-0.25, -0.2) is 0 Å². The van der Waals surface area contributed by atoms with Gasteiger partial charge < -0.3 is 9.59 Å². The molecule has 0 amide bonds. The Bertz CT molecular complexity index is 353. The molecular formula is C15H20O4. The van der Waals surface area contributed by atoms with Gasteiger partial charge in [-0.15, -0.1) is 0 Å². The summed E-state index contributed by atoms with van der Waals surface area (Å²) in [5.41, 5.74) is 1.28. The molecule has 0 N–H and O–H groups in total. The predicted octanol–water partition coefficient (Wildman–Crippen LogP) is 2.37. The standard InChI is InChI=1S/C15H20O4/c16-10-3-1-2-6-14(12-18)7-4-8-15(13-19)9-5-11-17/h6,8,10-13H,1-5,7,9H2/b14-6-,15-8-. The van der Waals surface area contributed by atoms with E-state index in [4.69, 9.17) is 0 Å². The summed E-state index contributed by atoms with van der Waals surface area (Å²) >= 11 is 0. The molecule has 0 saturated heterocycles. The van der Waals surface area contributed by atoms with Gasteiger partial charge in [0.15, 0.2) is 0 Å². The van der Waals surface area contributed by atoms with Crippen LogP contribution in [0.5, 0.6) is 0 Å². The summed E-state index contributed by atoms with van der Waals surface area (Å²) in [7, 11) is 0. The lowest BCUT2D eigenvalue weighted by Gasteiger charge is -1.99. The molecule has 4 heteroatoms. The van der Waals surface area contributed by atoms with E-state index in [9.17, 15) is 19.2 Å². The lowest BCUT2D eigenvalue weighted by molar-refractivity contribution is -0.108. The third kappa shape index (κ3) is 9.83. The molecule has 19 heavy (non-hydrogen) atoms. The molecule has 0 fully saturated rings. The monoisotopic (exact) mass is 264 g/mol. The second-order valence-electron chi connectivity index (χ2n) is 4.14. The van der Waals surface area contributed by atoms with E-state index in [0.717, 1.165) is 31.6 Å². The molecule has 0 saturated carbocycles. The average molecular weight is 264 g/mol. The van der Waals surface area contributed by atoms with Crippen LogP contribution in [-0.2, 0) is 19.2 Å². The SMILES string of the molecule is O=CCCC/C=C(\C=O)CC/C=C(\C=O)CCC=O. The Balaban J connectivity index is 4.13. The van der Waals surface area contributed by atoms with Crippen molar-refractivity contribution in [1.29, 1.82) is 0 Å². The number of carbonyl (C=O) groups is 4. The maximum absolute atomic E-state index is 10.8. The summed E-state index contributed by atoms with van der Waals surface area (Å²) in [6.07, 6.45) is 10.7. The maximum atomic E-state index is 10.8. The fourth-order valence-corrected chi connectivity index (χ4v) is 1.56. The van der Waals surface area contributed by atoms with Crippen LogP contribution in [0.1, 0.15) is 44.9 Å². The van der Waals surface area contributed by atoms with Crippen LogP contribution in [0.25, 0.3) is 0 Å². The molecule has 0 unspecified atom stereocenters. The first-order valence-corrected chi connectivity index (χ1v) is 6.44. The van der Waals surface area contributed by atoms with E-state index >= 15 is 0 Å². The molecule has 0 heterocycles. The Morgan fingerprint density at radius 1 is 0.632 bits per heavy atom. The third-order valence-corrected chi connectivity index (χ3v) is 2.63. The van der Waals surface area contributed by atoms with Crippen LogP contribution in [0.4, 0.5) is 0 Å². The van der Waals surface area contributed by atoms with Crippen molar-refractivity contribution in [2.24, 2.45) is 0 Å². The van der Waals surface area contributed by atoms with Crippen molar-refractivity contribution in [1.82, 2.24) is 0 Å². The average Bonchev–Trinajstić information content (AvgIpc) is 2.44. The number of allylic oxidation sites excluding steroid dienone is 4. The predicted molar refractivity (Wildman–Crippen MR) is 72.7 cm³/mol. The maximum Gasteiger partial charge on any atom is 0.145 e. The van der Waals surface area contributed by atoms with Gasteiger partial charge in [0.1, 0.15) is 25.1 Å². The first-order chi connectivity index (χ1) is 9.28. The number of hydrogen-bond donors (Lipinski definition) is 0. The Morgan fingerprint density at radius 2 is 1.16 bits per heavy atom. The van der Waals surface area contributed by atoms with Crippen LogP contribution in [0.2, 0.25) is 0 Å². The van der Waals surface area contributed by atoms with Crippen LogP contribution < -0.4 is 0 Å². The van der Waals surface area contributed by atoms with Crippen LogP contribution in [0.3, 0.4) is 0 Å². The fraction of sp³-hybridized carbons (Fsp3) is 0.467. The number of hydrogen-bond acceptors (Lipinski definition) is 4. The summed E-state index contributed by atoms with van der Waals surface area (Å²) < 4.78 is 0. The minimum Gasteiger partial charge on any atom is -0.303 e. The highest BCUT2D eigenvalue weighted by molar-refractivity contribution is 5.74. The zero-order chi connectivity index (χ0) is 14.3. The van der Waals surface area contributed by atoms with E-state index in [2.05, 4.69) is 0 Å². The molecule has 4 nitrogen and oxygen atoms in total. The van der Waals surface area contributed by atoms with Gasteiger partial charge in [0, 0.05) is 12.8 Å². The Hall–Kier alpha value is -1.84. The Labute approximate surface area is 113 Å². The van der Waals surface area contributed by atoms with E-state index in [1.165, 1.54) is 0 Å². The number of carbonyl (C=O) groups excluding carboxylic acids is 4. The third-order valence-electron chi connectivity index (χ3n) is 2.63. The lowest BCUT2D eigenvalue weighted by Crippen LogP contribution is -1.89. The largest absolute Gasteiger partial charge is 0.303 e. The minimum atomic E-state index is 0.340. The number of unbranched alkanes of at least 4 members (excludes halogenated alkanes) is 2. The fourth-order valence-electron chi connectivity index (χ4n) is 1.56. The van der Waals surface area contributed by atoms with Gasteiger partial charge in [-0.05, 0) is 43.3 Å². The minimum absolute atomic E-state index is 0.340. The highest BCUT2D eigenvalue weighted by Crippen LogP contribution is 2.09. The van der Waals surface area contributed by atoms with Crippen LogP contribution in [0.15, 0.2) is 23.3 Å². The summed E-state index contributed by atoms with van der Waals surface area (Å²) in [5, 5.41) is 0. The van der Waals surface area contributed by atoms with Crippen molar-refractivity contribution in [3.8, 4) is 0 Å². The molecule has 0 aromatic rings. The van der Waals surface area contributed by atoms with Gasteiger partial charge >= 0.3 is 0 Å². The highest BCUT2D eigenvalue weighted by Gasteiger charge is 1.97. The second-order valence-corrected chi connectivity index (χ2v) is 4.14. The summed E-state index contributed by atoms with van der Waals surface area (Å²) in [6, 6.07) is 0. The number of aldehydes is 4. The molecule has 0 atom stereocenters. The van der Waals surface area contributed by atoms with Gasteiger partial charge in [-0.1, -0.05) is 12.2 Å². The van der Waals surface area contributed by atoms with Gasteiger partial charge in [0.05, 0.1) is 0 Å². The van der Waals surface area contributed by atoms with Crippen LogP contribution in [0, 0.1) is 0 Å². The molecule has 0 aliphatic rings. The van der Waals surface area contributed by atoms with Crippen molar-refractivity contribution in [3.63, 3.8) is 0 Å². The van der Waals surface area contributed by atoms with E-state index in [1.54, 1.807) is 6.08 Å². The van der Waals surface area contributed by atoms with E-state index in [1.807, 2.05) is 6.08 Å². The first kappa shape index (κ1) is 17.2. The molecule has 0 aliphatic carbocycles. The van der Waals surface area contributed by atoms with Gasteiger partial charge in [0.25, 0.3) is 0 Å². The van der Waals surface area contributed by atoms with Crippen molar-refractivity contribution in [3.05, 3.63) is 23.3 Å². The smallest absolute Gasteiger partial charge is 0.145 e. The van der Waals surface area contributed by atoms with Gasteiger partial charge in [-0.2, -0.15) is 0 Å². The van der Waals surface area contributed by atoms with Crippen LogP contribution >= 0.6 is 0 Å². The van der Waals surface area contributed by atoms with Crippen molar-refractivity contribution < 1.29 is 19.2 Å². The van der Waals surface area contributed by atoms with Crippen LogP contribution in [-0.4, -0.2) is 25.1 Å². The summed E-state index contributed by atoms with van der Waals surface area (Å²) in [5.74, 6) is 0.